The molecular weight excluding hydrogens is 240 g/mol. The van der Waals surface area contributed by atoms with E-state index in [0.717, 1.165) is 11.3 Å². The van der Waals surface area contributed by atoms with Gasteiger partial charge in [0.05, 0.1) is 5.69 Å². The molecule has 0 atom stereocenters. The molecule has 0 saturated carbocycles. The van der Waals surface area contributed by atoms with Crippen LogP contribution >= 0.6 is 0 Å². The first-order chi connectivity index (χ1) is 9.22. The molecule has 6 heteroatoms. The van der Waals surface area contributed by atoms with Gasteiger partial charge in [0.1, 0.15) is 6.33 Å². The van der Waals surface area contributed by atoms with Crippen LogP contribution in [0.25, 0.3) is 17.2 Å². The predicted molar refractivity (Wildman–Crippen MR) is 71.5 cm³/mol. The van der Waals surface area contributed by atoms with E-state index >= 15 is 0 Å². The topological polar surface area (TPSA) is 82.5 Å². The molecule has 19 heavy (non-hydrogen) atoms. The van der Waals surface area contributed by atoms with Gasteiger partial charge in [-0.25, -0.2) is 9.67 Å². The summed E-state index contributed by atoms with van der Waals surface area (Å²) < 4.78 is 1.60. The molecule has 0 aliphatic heterocycles. The van der Waals surface area contributed by atoms with Crippen molar-refractivity contribution in [1.29, 1.82) is 0 Å². The zero-order chi connectivity index (χ0) is 13.2. The lowest BCUT2D eigenvalue weighted by molar-refractivity contribution is 0.807. The smallest absolute Gasteiger partial charge is 0.181 e. The van der Waals surface area contributed by atoms with Crippen molar-refractivity contribution in [1.82, 2.24) is 25.0 Å². The van der Waals surface area contributed by atoms with E-state index in [9.17, 15) is 0 Å². The van der Waals surface area contributed by atoms with Gasteiger partial charge in [-0.1, -0.05) is 0 Å². The van der Waals surface area contributed by atoms with Gasteiger partial charge in [-0.15, -0.1) is 10.2 Å². The Bertz CT molecular complexity index is 624. The zero-order valence-corrected chi connectivity index (χ0v) is 10.4. The molecular formula is C13H12N6. The Hall–Kier alpha value is -2.76. The van der Waals surface area contributed by atoms with Gasteiger partial charge in [0, 0.05) is 11.3 Å². The van der Waals surface area contributed by atoms with Crippen LogP contribution in [0.15, 0.2) is 42.7 Å². The maximum Gasteiger partial charge on any atom is 0.181 e. The first-order valence-electron chi connectivity index (χ1n) is 5.81. The maximum absolute atomic E-state index is 5.65. The number of hydrogen-bond acceptors (Lipinski definition) is 5. The van der Waals surface area contributed by atoms with Crippen molar-refractivity contribution < 1.29 is 0 Å². The summed E-state index contributed by atoms with van der Waals surface area (Å²) in [5.41, 5.74) is 8.14. The molecule has 94 valence electrons. The minimum Gasteiger partial charge on any atom is -0.399 e. The summed E-state index contributed by atoms with van der Waals surface area (Å²) in [6.45, 7) is 1.89. The Morgan fingerprint density at radius 3 is 2.47 bits per heavy atom. The highest BCUT2D eigenvalue weighted by atomic mass is 15.4. The highest BCUT2D eigenvalue weighted by molar-refractivity contribution is 5.58. The molecule has 0 aliphatic carbocycles. The van der Waals surface area contributed by atoms with Crippen molar-refractivity contribution in [3.8, 4) is 17.2 Å². The van der Waals surface area contributed by atoms with Crippen LogP contribution in [0.1, 0.15) is 5.69 Å². The van der Waals surface area contributed by atoms with Crippen LogP contribution in [0.5, 0.6) is 0 Å². The van der Waals surface area contributed by atoms with Gasteiger partial charge in [-0.05, 0) is 43.3 Å². The van der Waals surface area contributed by atoms with Crippen molar-refractivity contribution in [2.24, 2.45) is 0 Å². The second-order valence-corrected chi connectivity index (χ2v) is 4.17. The van der Waals surface area contributed by atoms with E-state index in [0.29, 0.717) is 17.3 Å². The molecule has 0 amide bonds. The second-order valence-electron chi connectivity index (χ2n) is 4.17. The molecule has 0 spiro atoms. The van der Waals surface area contributed by atoms with Crippen molar-refractivity contribution in [3.05, 3.63) is 48.4 Å². The third-order valence-electron chi connectivity index (χ3n) is 2.68. The third kappa shape index (κ3) is 2.28. The normalized spacial score (nSPS) is 10.6. The van der Waals surface area contributed by atoms with Gasteiger partial charge in [-0.3, -0.25) is 0 Å². The number of benzene rings is 1. The lowest BCUT2D eigenvalue weighted by Gasteiger charge is -1.98. The first-order valence-corrected chi connectivity index (χ1v) is 5.81. The van der Waals surface area contributed by atoms with Gasteiger partial charge in [0.2, 0.25) is 0 Å². The molecule has 0 bridgehead atoms. The van der Waals surface area contributed by atoms with Gasteiger partial charge in [-0.2, -0.15) is 5.10 Å². The summed E-state index contributed by atoms with van der Waals surface area (Å²) >= 11 is 0. The minimum absolute atomic E-state index is 0.627. The number of nitrogens with two attached hydrogens (primary N) is 1. The van der Waals surface area contributed by atoms with Crippen LogP contribution in [0.2, 0.25) is 0 Å². The number of nitrogens with zero attached hydrogens (tertiary/aromatic N) is 5. The summed E-state index contributed by atoms with van der Waals surface area (Å²) in [5.74, 6) is 1.27. The molecule has 0 fully saturated rings. The summed E-state index contributed by atoms with van der Waals surface area (Å²) in [6, 6.07) is 11.1. The summed E-state index contributed by atoms with van der Waals surface area (Å²) in [6.07, 6.45) is 1.62. The Morgan fingerprint density at radius 1 is 1.00 bits per heavy atom. The van der Waals surface area contributed by atoms with E-state index in [1.165, 1.54) is 0 Å². The average molecular weight is 252 g/mol. The lowest BCUT2D eigenvalue weighted by Crippen LogP contribution is -2.00. The van der Waals surface area contributed by atoms with Gasteiger partial charge in [0.15, 0.2) is 11.6 Å². The standard InChI is InChI=1S/C13H12N6/c1-9-2-7-12(17-16-9)19-8-15-13(18-19)10-3-5-11(14)6-4-10/h2-8H,14H2,1H3. The van der Waals surface area contributed by atoms with E-state index in [1.54, 1.807) is 11.0 Å². The largest absolute Gasteiger partial charge is 0.399 e. The predicted octanol–water partition coefficient (Wildman–Crippen LogP) is 1.61. The quantitative estimate of drug-likeness (QED) is 0.701. The van der Waals surface area contributed by atoms with E-state index in [-0.39, 0.29) is 0 Å². The molecule has 0 aliphatic rings. The Kier molecular flexibility index (Phi) is 2.68. The molecule has 3 aromatic rings. The van der Waals surface area contributed by atoms with Crippen molar-refractivity contribution in [2.45, 2.75) is 6.92 Å². The molecule has 2 heterocycles. The van der Waals surface area contributed by atoms with Crippen LogP contribution in [-0.2, 0) is 0 Å². The zero-order valence-electron chi connectivity index (χ0n) is 10.4. The second kappa shape index (κ2) is 4.49. The minimum atomic E-state index is 0.627. The molecule has 2 aromatic heterocycles. The summed E-state index contributed by atoms with van der Waals surface area (Å²) in [7, 11) is 0. The molecule has 0 saturated heterocycles. The van der Waals surface area contributed by atoms with Crippen LogP contribution < -0.4 is 5.73 Å². The third-order valence-corrected chi connectivity index (χ3v) is 2.68. The van der Waals surface area contributed by atoms with Crippen molar-refractivity contribution in [2.75, 3.05) is 5.73 Å². The highest BCUT2D eigenvalue weighted by Crippen LogP contribution is 2.16. The van der Waals surface area contributed by atoms with E-state index < -0.39 is 0 Å². The van der Waals surface area contributed by atoms with E-state index in [2.05, 4.69) is 20.3 Å². The van der Waals surface area contributed by atoms with Crippen molar-refractivity contribution in [3.63, 3.8) is 0 Å². The SMILES string of the molecule is Cc1ccc(-n2cnc(-c3ccc(N)cc3)n2)nn1. The summed E-state index contributed by atoms with van der Waals surface area (Å²) in [4.78, 5) is 4.26. The number of aryl methyl sites for hydroxylation is 1. The Morgan fingerprint density at radius 2 is 1.79 bits per heavy atom. The monoisotopic (exact) mass is 252 g/mol. The number of aromatic nitrogens is 5. The Balaban J connectivity index is 1.95. The maximum atomic E-state index is 5.65. The number of rotatable bonds is 2. The lowest BCUT2D eigenvalue weighted by atomic mass is 10.2. The first kappa shape index (κ1) is 11.3. The van der Waals surface area contributed by atoms with Crippen LogP contribution in [0.3, 0.4) is 0 Å². The highest BCUT2D eigenvalue weighted by Gasteiger charge is 2.06. The fourth-order valence-corrected chi connectivity index (χ4v) is 1.65. The van der Waals surface area contributed by atoms with Gasteiger partial charge < -0.3 is 5.73 Å². The molecule has 2 N–H and O–H groups in total. The molecule has 1 aromatic carbocycles. The Labute approximate surface area is 109 Å². The van der Waals surface area contributed by atoms with Gasteiger partial charge in [0.25, 0.3) is 0 Å². The number of anilines is 1. The molecule has 0 unspecified atom stereocenters. The average Bonchev–Trinajstić information content (AvgIpc) is 2.90. The van der Waals surface area contributed by atoms with Crippen molar-refractivity contribution >= 4 is 5.69 Å². The van der Waals surface area contributed by atoms with Gasteiger partial charge >= 0.3 is 0 Å². The summed E-state index contributed by atoms with van der Waals surface area (Å²) in [5, 5.41) is 12.4. The fraction of sp³-hybridized carbons (Fsp3) is 0.0769. The van der Waals surface area contributed by atoms with Crippen LogP contribution in [0.4, 0.5) is 5.69 Å². The van der Waals surface area contributed by atoms with Crippen LogP contribution in [-0.4, -0.2) is 25.0 Å². The van der Waals surface area contributed by atoms with Crippen LogP contribution in [0, 0.1) is 6.92 Å². The van der Waals surface area contributed by atoms with E-state index in [1.807, 2.05) is 43.3 Å². The molecule has 0 radical (unpaired) electrons. The molecule has 3 rings (SSSR count). The fourth-order valence-electron chi connectivity index (χ4n) is 1.65. The number of hydrogen-bond donors (Lipinski definition) is 1. The number of nitrogen functional groups attached to an aromatic ring is 1. The van der Waals surface area contributed by atoms with E-state index in [4.69, 9.17) is 5.73 Å². The molecule has 6 nitrogen and oxygen atoms in total.